The molecule has 3 aromatic rings. The van der Waals surface area contributed by atoms with Crippen LogP contribution in [0.1, 0.15) is 0 Å². The number of aromatic amines is 1. The van der Waals surface area contributed by atoms with E-state index in [1.807, 2.05) is 24.4 Å². The Bertz CT molecular complexity index is 556. The summed E-state index contributed by atoms with van der Waals surface area (Å²) >= 11 is 1.48. The maximum Gasteiger partial charge on any atom is 0.204 e. The van der Waals surface area contributed by atoms with Crippen molar-refractivity contribution >= 4 is 21.6 Å². The van der Waals surface area contributed by atoms with Crippen molar-refractivity contribution in [3.8, 4) is 11.4 Å². The van der Waals surface area contributed by atoms with Crippen LogP contribution in [0.3, 0.4) is 0 Å². The smallest absolute Gasteiger partial charge is 0.200 e. The summed E-state index contributed by atoms with van der Waals surface area (Å²) < 4.78 is 5.27. The van der Waals surface area contributed by atoms with Gasteiger partial charge in [0.1, 0.15) is 0 Å². The Morgan fingerprint density at radius 3 is 3.14 bits per heavy atom. The molecule has 0 saturated heterocycles. The highest BCUT2D eigenvalue weighted by molar-refractivity contribution is 7.13. The predicted molar refractivity (Wildman–Crippen MR) is 52.8 cm³/mol. The first-order valence-electron chi connectivity index (χ1n) is 4.02. The first kappa shape index (κ1) is 7.57. The molecule has 1 N–H and O–H groups in total. The summed E-state index contributed by atoms with van der Waals surface area (Å²) in [6, 6.07) is 5.98. The normalized spacial score (nSPS) is 10.9. The van der Waals surface area contributed by atoms with Crippen molar-refractivity contribution in [1.29, 1.82) is 0 Å². The molecule has 0 aliphatic heterocycles. The summed E-state index contributed by atoms with van der Waals surface area (Å²) in [6.45, 7) is 0. The van der Waals surface area contributed by atoms with Gasteiger partial charge in [0.15, 0.2) is 0 Å². The van der Waals surface area contributed by atoms with Crippen LogP contribution in [0, 0.1) is 0 Å². The van der Waals surface area contributed by atoms with Gasteiger partial charge in [-0.15, -0.1) is 10.2 Å². The molecule has 2 heterocycles. The van der Waals surface area contributed by atoms with E-state index in [-0.39, 0.29) is 0 Å². The van der Waals surface area contributed by atoms with Crippen LogP contribution in [-0.4, -0.2) is 25.0 Å². The molecule has 68 valence electrons. The van der Waals surface area contributed by atoms with Gasteiger partial charge in [0.25, 0.3) is 0 Å². The van der Waals surface area contributed by atoms with Crippen molar-refractivity contribution < 1.29 is 0 Å². The third-order valence-corrected chi connectivity index (χ3v) is 2.74. The van der Waals surface area contributed by atoms with E-state index in [1.165, 1.54) is 11.5 Å². The average molecular weight is 203 g/mol. The van der Waals surface area contributed by atoms with Gasteiger partial charge in [0.05, 0.1) is 4.70 Å². The molecule has 0 aliphatic rings. The van der Waals surface area contributed by atoms with Crippen LogP contribution in [0.15, 0.2) is 24.4 Å². The Kier molecular flexibility index (Phi) is 1.54. The minimum atomic E-state index is 0.609. The second-order valence-corrected chi connectivity index (χ2v) is 3.65. The van der Waals surface area contributed by atoms with E-state index >= 15 is 0 Å². The highest BCUT2D eigenvalue weighted by atomic mass is 32.1. The lowest BCUT2D eigenvalue weighted by Crippen LogP contribution is -1.79. The van der Waals surface area contributed by atoms with Gasteiger partial charge in [-0.25, -0.2) is 0 Å². The van der Waals surface area contributed by atoms with Crippen LogP contribution in [0.2, 0.25) is 0 Å². The van der Waals surface area contributed by atoms with Crippen LogP contribution in [-0.2, 0) is 0 Å². The average Bonchev–Trinajstić information content (AvgIpc) is 2.88. The number of nitrogens with one attached hydrogen (secondary N) is 1. The van der Waals surface area contributed by atoms with Gasteiger partial charge in [-0.1, -0.05) is 0 Å². The molecule has 0 bridgehead atoms. The Hall–Kier alpha value is -1.82. The Morgan fingerprint density at radius 2 is 2.29 bits per heavy atom. The van der Waals surface area contributed by atoms with Crippen molar-refractivity contribution in [2.24, 2.45) is 0 Å². The van der Waals surface area contributed by atoms with Gasteiger partial charge in [-0.05, 0) is 34.9 Å². The molecule has 6 heteroatoms. The molecular formula is C8H5N5S. The minimum absolute atomic E-state index is 0.609. The standard InChI is InChI=1S/C8H5N5S/c1-2-7-6(4-9-14-7)3-5(1)8-10-12-13-11-8/h1-4H,(H,10,11,12,13). The fourth-order valence-electron chi connectivity index (χ4n) is 1.30. The quantitative estimate of drug-likeness (QED) is 0.650. The lowest BCUT2D eigenvalue weighted by Gasteiger charge is -1.92. The van der Waals surface area contributed by atoms with E-state index in [1.54, 1.807) is 0 Å². The molecule has 0 unspecified atom stereocenters. The number of nitrogens with zero attached hydrogens (tertiary/aromatic N) is 4. The molecule has 0 radical (unpaired) electrons. The van der Waals surface area contributed by atoms with Crippen LogP contribution in [0.4, 0.5) is 0 Å². The molecule has 3 rings (SSSR count). The monoisotopic (exact) mass is 203 g/mol. The highest BCUT2D eigenvalue weighted by Gasteiger charge is 2.04. The second kappa shape index (κ2) is 2.85. The summed E-state index contributed by atoms with van der Waals surface area (Å²) in [5.74, 6) is 0.609. The number of hydrogen-bond acceptors (Lipinski definition) is 5. The number of rotatable bonds is 1. The zero-order valence-electron chi connectivity index (χ0n) is 7.01. The van der Waals surface area contributed by atoms with E-state index in [9.17, 15) is 0 Å². The van der Waals surface area contributed by atoms with Crippen molar-refractivity contribution in [2.75, 3.05) is 0 Å². The summed E-state index contributed by atoms with van der Waals surface area (Å²) in [5.41, 5.74) is 0.950. The van der Waals surface area contributed by atoms with Crippen LogP contribution in [0.5, 0.6) is 0 Å². The Morgan fingerprint density at radius 1 is 1.29 bits per heavy atom. The fourth-order valence-corrected chi connectivity index (χ4v) is 1.92. The lowest BCUT2D eigenvalue weighted by molar-refractivity contribution is 0.881. The van der Waals surface area contributed by atoms with Crippen molar-refractivity contribution in [3.05, 3.63) is 24.4 Å². The zero-order valence-corrected chi connectivity index (χ0v) is 7.82. The topological polar surface area (TPSA) is 67.3 Å². The molecule has 0 aliphatic carbocycles. The molecule has 14 heavy (non-hydrogen) atoms. The number of hydrogen-bond donors (Lipinski definition) is 1. The fraction of sp³-hybridized carbons (Fsp3) is 0. The number of fused-ring (bicyclic) bond motifs is 1. The molecule has 0 spiro atoms. The lowest BCUT2D eigenvalue weighted by atomic mass is 10.2. The number of aromatic nitrogens is 5. The summed E-state index contributed by atoms with van der Waals surface area (Å²) in [5, 5.41) is 14.9. The molecule has 0 amide bonds. The summed E-state index contributed by atoms with van der Waals surface area (Å²) in [4.78, 5) is 0. The zero-order chi connectivity index (χ0) is 9.38. The second-order valence-electron chi connectivity index (χ2n) is 2.81. The van der Waals surface area contributed by atoms with Gasteiger partial charge < -0.3 is 0 Å². The Labute approximate surface area is 82.9 Å². The van der Waals surface area contributed by atoms with Crippen molar-refractivity contribution in [2.45, 2.75) is 0 Å². The SMILES string of the molecule is c1cc2sncc2cc1-c1nn[nH]n1. The predicted octanol–water partition coefficient (Wildman–Crippen LogP) is 1.48. The molecule has 1 aromatic carbocycles. The molecule has 5 nitrogen and oxygen atoms in total. The third-order valence-electron chi connectivity index (χ3n) is 1.96. The maximum absolute atomic E-state index is 4.10. The number of H-pyrrole nitrogens is 1. The highest BCUT2D eigenvalue weighted by Crippen LogP contribution is 2.23. The van der Waals surface area contributed by atoms with E-state index in [0.717, 1.165) is 15.6 Å². The molecule has 0 atom stereocenters. The van der Waals surface area contributed by atoms with Crippen LogP contribution >= 0.6 is 11.5 Å². The van der Waals surface area contributed by atoms with E-state index in [0.29, 0.717) is 5.82 Å². The molecular weight excluding hydrogens is 198 g/mol. The number of benzene rings is 1. The number of tetrazole rings is 1. The van der Waals surface area contributed by atoms with Gasteiger partial charge in [0, 0.05) is 17.1 Å². The van der Waals surface area contributed by atoms with Crippen LogP contribution < -0.4 is 0 Å². The Balaban J connectivity index is 2.23. The first-order valence-corrected chi connectivity index (χ1v) is 4.79. The first-order chi connectivity index (χ1) is 6.93. The van der Waals surface area contributed by atoms with Gasteiger partial charge in [-0.2, -0.15) is 9.59 Å². The molecule has 2 aromatic heterocycles. The van der Waals surface area contributed by atoms with Crippen molar-refractivity contribution in [3.63, 3.8) is 0 Å². The summed E-state index contributed by atoms with van der Waals surface area (Å²) in [7, 11) is 0. The van der Waals surface area contributed by atoms with E-state index in [2.05, 4.69) is 25.0 Å². The molecule has 0 saturated carbocycles. The van der Waals surface area contributed by atoms with Crippen molar-refractivity contribution in [1.82, 2.24) is 25.0 Å². The van der Waals surface area contributed by atoms with Gasteiger partial charge in [0.2, 0.25) is 5.82 Å². The van der Waals surface area contributed by atoms with E-state index in [4.69, 9.17) is 0 Å². The minimum Gasteiger partial charge on any atom is -0.200 e. The third kappa shape index (κ3) is 1.08. The van der Waals surface area contributed by atoms with E-state index < -0.39 is 0 Å². The largest absolute Gasteiger partial charge is 0.204 e. The van der Waals surface area contributed by atoms with Gasteiger partial charge >= 0.3 is 0 Å². The maximum atomic E-state index is 4.10. The molecule has 0 fully saturated rings. The van der Waals surface area contributed by atoms with Crippen LogP contribution in [0.25, 0.3) is 21.5 Å². The summed E-state index contributed by atoms with van der Waals surface area (Å²) in [6.07, 6.45) is 1.84. The van der Waals surface area contributed by atoms with Gasteiger partial charge in [-0.3, -0.25) is 0 Å².